The first kappa shape index (κ1) is 12.7. The molecule has 0 aromatic carbocycles. The van der Waals surface area contributed by atoms with Crippen molar-refractivity contribution in [1.29, 1.82) is 0 Å². The maximum Gasteiger partial charge on any atom is 0.343 e. The fourth-order valence-corrected chi connectivity index (χ4v) is 0.689. The molecule has 2 amide bonds. The lowest BCUT2D eigenvalue weighted by Gasteiger charge is -2.10. The van der Waals surface area contributed by atoms with Crippen molar-refractivity contribution in [2.75, 3.05) is 33.4 Å². The van der Waals surface area contributed by atoms with Gasteiger partial charge in [-0.3, -0.25) is 0 Å². The summed E-state index contributed by atoms with van der Waals surface area (Å²) in [4.78, 5) is 13.3. The van der Waals surface area contributed by atoms with Crippen LogP contribution in [-0.2, 0) is 4.74 Å². The number of morpholine rings is 1. The number of ether oxygens (including phenoxy) is 1. The van der Waals surface area contributed by atoms with Crippen molar-refractivity contribution >= 4 is 12.0 Å². The minimum atomic E-state index is -0.537. The van der Waals surface area contributed by atoms with Crippen LogP contribution in [0.3, 0.4) is 0 Å². The lowest BCUT2D eigenvalue weighted by Crippen LogP contribution is -2.30. The first-order chi connectivity index (χ1) is 6.66. The average molecular weight is 203 g/mol. The molecule has 0 radical (unpaired) electrons. The van der Waals surface area contributed by atoms with E-state index in [0.717, 1.165) is 26.3 Å². The largest absolute Gasteiger partial charge is 0.379 e. The molecule has 0 aliphatic carbocycles. The number of nitrogens with one attached hydrogen (secondary N) is 2. The molecule has 1 fully saturated rings. The first-order valence-electron chi connectivity index (χ1n) is 4.26. The molecular formula is C7H17N5O2. The zero-order chi connectivity index (χ0) is 10.8. The molecular weight excluding hydrogens is 186 g/mol. The van der Waals surface area contributed by atoms with Crippen molar-refractivity contribution < 1.29 is 9.53 Å². The third-order valence-corrected chi connectivity index (χ3v) is 1.29. The van der Waals surface area contributed by atoms with Crippen LogP contribution in [0.15, 0.2) is 4.99 Å². The number of hydrogen-bond donors (Lipinski definition) is 4. The Labute approximate surface area is 82.9 Å². The van der Waals surface area contributed by atoms with E-state index in [4.69, 9.17) is 16.2 Å². The molecule has 0 spiro atoms. The van der Waals surface area contributed by atoms with E-state index in [2.05, 4.69) is 15.6 Å². The molecule has 82 valence electrons. The molecule has 1 aliphatic heterocycles. The summed E-state index contributed by atoms with van der Waals surface area (Å²) in [6.45, 7) is 3.83. The second kappa shape index (κ2) is 8.27. The lowest BCUT2D eigenvalue weighted by atomic mass is 10.5. The summed E-state index contributed by atoms with van der Waals surface area (Å²) < 4.78 is 5.01. The van der Waals surface area contributed by atoms with Gasteiger partial charge in [0.15, 0.2) is 5.96 Å². The highest BCUT2D eigenvalue weighted by Gasteiger charge is 1.93. The van der Waals surface area contributed by atoms with E-state index >= 15 is 0 Å². The Morgan fingerprint density at radius 3 is 2.14 bits per heavy atom. The minimum Gasteiger partial charge on any atom is -0.379 e. The highest BCUT2D eigenvalue weighted by atomic mass is 16.5. The van der Waals surface area contributed by atoms with Crippen LogP contribution >= 0.6 is 0 Å². The summed E-state index contributed by atoms with van der Waals surface area (Å²) >= 11 is 0. The Balaban J connectivity index is 0.000000249. The predicted octanol–water partition coefficient (Wildman–Crippen LogP) is -1.79. The molecule has 1 saturated heterocycles. The Kier molecular flexibility index (Phi) is 7.48. The smallest absolute Gasteiger partial charge is 0.343 e. The van der Waals surface area contributed by atoms with Gasteiger partial charge < -0.3 is 26.8 Å². The Hall–Kier alpha value is -1.34. The van der Waals surface area contributed by atoms with Gasteiger partial charge in [-0.15, -0.1) is 0 Å². The number of aliphatic imine (C=N–C) groups is 1. The van der Waals surface area contributed by atoms with Gasteiger partial charge in [-0.25, -0.2) is 4.79 Å². The Morgan fingerprint density at radius 2 is 2.00 bits per heavy atom. The summed E-state index contributed by atoms with van der Waals surface area (Å²) in [5.74, 6) is -0.232. The molecule has 14 heavy (non-hydrogen) atoms. The molecule has 0 saturated carbocycles. The highest BCUT2D eigenvalue weighted by molar-refractivity contribution is 5.90. The van der Waals surface area contributed by atoms with Crippen molar-refractivity contribution in [2.45, 2.75) is 0 Å². The van der Waals surface area contributed by atoms with Crippen LogP contribution in [0.4, 0.5) is 4.79 Å². The normalized spacial score (nSPS) is 14.6. The fraction of sp³-hybridized carbons (Fsp3) is 0.714. The zero-order valence-corrected chi connectivity index (χ0v) is 8.25. The molecule has 0 unspecified atom stereocenters. The molecule has 7 nitrogen and oxygen atoms in total. The summed E-state index contributed by atoms with van der Waals surface area (Å²) in [7, 11) is 1.44. The third kappa shape index (κ3) is 8.75. The molecule has 0 bridgehead atoms. The molecule has 7 heteroatoms. The Morgan fingerprint density at radius 1 is 1.43 bits per heavy atom. The van der Waals surface area contributed by atoms with Gasteiger partial charge in [0.05, 0.1) is 13.2 Å². The molecule has 6 N–H and O–H groups in total. The average Bonchev–Trinajstić information content (AvgIpc) is 2.20. The first-order valence-corrected chi connectivity index (χ1v) is 4.26. The van der Waals surface area contributed by atoms with Crippen LogP contribution in [-0.4, -0.2) is 45.3 Å². The number of urea groups is 1. The van der Waals surface area contributed by atoms with Gasteiger partial charge in [-0.1, -0.05) is 0 Å². The van der Waals surface area contributed by atoms with Gasteiger partial charge in [0.25, 0.3) is 0 Å². The predicted molar refractivity (Wildman–Crippen MR) is 54.0 cm³/mol. The van der Waals surface area contributed by atoms with Gasteiger partial charge in [0.1, 0.15) is 0 Å². The maximum absolute atomic E-state index is 10.2. The van der Waals surface area contributed by atoms with E-state index in [0.29, 0.717) is 0 Å². The van der Waals surface area contributed by atoms with Gasteiger partial charge in [0, 0.05) is 20.1 Å². The van der Waals surface area contributed by atoms with E-state index in [1.54, 1.807) is 0 Å². The number of guanidine groups is 1. The molecule has 1 aliphatic rings. The van der Waals surface area contributed by atoms with Crippen LogP contribution in [0.2, 0.25) is 0 Å². The topological polar surface area (TPSA) is 115 Å². The summed E-state index contributed by atoms with van der Waals surface area (Å²) in [6.07, 6.45) is 0. The van der Waals surface area contributed by atoms with E-state index in [1.165, 1.54) is 7.05 Å². The van der Waals surface area contributed by atoms with Crippen molar-refractivity contribution in [3.05, 3.63) is 0 Å². The maximum atomic E-state index is 10.2. The number of rotatable bonds is 0. The number of carbonyl (C=O) groups excluding carboxylic acids is 1. The van der Waals surface area contributed by atoms with E-state index < -0.39 is 6.03 Å². The zero-order valence-electron chi connectivity index (χ0n) is 8.25. The summed E-state index contributed by atoms with van der Waals surface area (Å²) in [6, 6.07) is -0.537. The molecule has 0 aromatic rings. The summed E-state index contributed by atoms with van der Waals surface area (Å²) in [5, 5.41) is 5.37. The van der Waals surface area contributed by atoms with Crippen LogP contribution in [0.1, 0.15) is 0 Å². The van der Waals surface area contributed by atoms with Gasteiger partial charge in [0.2, 0.25) is 0 Å². The monoisotopic (exact) mass is 203 g/mol. The molecule has 1 rings (SSSR count). The number of carbonyl (C=O) groups is 1. The van der Waals surface area contributed by atoms with Crippen LogP contribution in [0, 0.1) is 0 Å². The second-order valence-corrected chi connectivity index (χ2v) is 2.45. The quantitative estimate of drug-likeness (QED) is 0.274. The van der Waals surface area contributed by atoms with Crippen LogP contribution in [0.5, 0.6) is 0 Å². The van der Waals surface area contributed by atoms with Crippen LogP contribution in [0.25, 0.3) is 0 Å². The van der Waals surface area contributed by atoms with E-state index in [9.17, 15) is 4.79 Å². The number of nitrogens with two attached hydrogens (primary N) is 2. The van der Waals surface area contributed by atoms with E-state index in [1.807, 2.05) is 0 Å². The van der Waals surface area contributed by atoms with Gasteiger partial charge in [-0.05, 0) is 0 Å². The molecule has 1 heterocycles. The number of nitrogens with zero attached hydrogens (tertiary/aromatic N) is 1. The van der Waals surface area contributed by atoms with Crippen molar-refractivity contribution in [1.82, 2.24) is 10.6 Å². The second-order valence-electron chi connectivity index (χ2n) is 2.45. The van der Waals surface area contributed by atoms with Crippen molar-refractivity contribution in [2.24, 2.45) is 16.5 Å². The number of amides is 2. The van der Waals surface area contributed by atoms with Crippen molar-refractivity contribution in [3.63, 3.8) is 0 Å². The lowest BCUT2D eigenvalue weighted by molar-refractivity contribution is 0.109. The Bertz CT molecular complexity index is 175. The van der Waals surface area contributed by atoms with Gasteiger partial charge >= 0.3 is 6.03 Å². The van der Waals surface area contributed by atoms with Crippen LogP contribution < -0.4 is 22.1 Å². The summed E-state index contributed by atoms with van der Waals surface area (Å²) in [5.41, 5.74) is 9.67. The SMILES string of the molecule is C1COCCN1.CNC(=O)N=C(N)N. The molecule has 0 atom stereocenters. The van der Waals surface area contributed by atoms with Gasteiger partial charge in [-0.2, -0.15) is 4.99 Å². The molecule has 0 aromatic heterocycles. The standard InChI is InChI=1S/C4H9NO.C3H8N4O/c1-3-6-4-2-5-1;1-6-3(8)7-2(4)5/h5H,1-4H2;1H3,(H5,4,5,6,7,8). The third-order valence-electron chi connectivity index (χ3n) is 1.29. The highest BCUT2D eigenvalue weighted by Crippen LogP contribution is 1.76. The minimum absolute atomic E-state index is 0.232. The number of hydrogen-bond acceptors (Lipinski definition) is 3. The fourth-order valence-electron chi connectivity index (χ4n) is 0.689. The van der Waals surface area contributed by atoms with E-state index in [-0.39, 0.29) is 5.96 Å². The van der Waals surface area contributed by atoms with Crippen molar-refractivity contribution in [3.8, 4) is 0 Å².